The SMILES string of the molecule is CCOC(=O)NCCN(c1ccc(C)c(Br)c1)S(C)(=O)=O. The van der Waals surface area contributed by atoms with Crippen LogP contribution in [0.25, 0.3) is 0 Å². The maximum absolute atomic E-state index is 11.9. The van der Waals surface area contributed by atoms with Gasteiger partial charge in [-0.2, -0.15) is 0 Å². The second-order valence-electron chi connectivity index (χ2n) is 4.42. The monoisotopic (exact) mass is 378 g/mol. The van der Waals surface area contributed by atoms with Gasteiger partial charge in [0.2, 0.25) is 10.0 Å². The Morgan fingerprint density at radius 1 is 1.43 bits per heavy atom. The van der Waals surface area contributed by atoms with Crippen LogP contribution in [-0.2, 0) is 14.8 Å². The summed E-state index contributed by atoms with van der Waals surface area (Å²) in [7, 11) is -3.44. The highest BCUT2D eigenvalue weighted by Crippen LogP contribution is 2.24. The van der Waals surface area contributed by atoms with Crippen molar-refractivity contribution in [2.75, 3.05) is 30.3 Å². The highest BCUT2D eigenvalue weighted by atomic mass is 79.9. The number of ether oxygens (including phenoxy) is 1. The van der Waals surface area contributed by atoms with Crippen LogP contribution in [0.5, 0.6) is 0 Å². The molecular formula is C13H19BrN2O4S. The molecule has 1 aromatic rings. The molecule has 0 aliphatic heterocycles. The maximum atomic E-state index is 11.9. The summed E-state index contributed by atoms with van der Waals surface area (Å²) in [5, 5.41) is 2.50. The van der Waals surface area contributed by atoms with Crippen molar-refractivity contribution in [2.24, 2.45) is 0 Å². The maximum Gasteiger partial charge on any atom is 0.407 e. The zero-order chi connectivity index (χ0) is 16.0. The first-order chi connectivity index (χ1) is 9.75. The van der Waals surface area contributed by atoms with Crippen molar-refractivity contribution in [2.45, 2.75) is 13.8 Å². The molecule has 0 bridgehead atoms. The first-order valence-electron chi connectivity index (χ1n) is 6.40. The lowest BCUT2D eigenvalue weighted by molar-refractivity contribution is 0.152. The molecule has 0 fully saturated rings. The van der Waals surface area contributed by atoms with Crippen molar-refractivity contribution >= 4 is 37.7 Å². The third kappa shape index (κ3) is 5.55. The van der Waals surface area contributed by atoms with Crippen LogP contribution in [0, 0.1) is 6.92 Å². The second-order valence-corrected chi connectivity index (χ2v) is 7.18. The number of sulfonamides is 1. The number of amides is 1. The number of halogens is 1. The van der Waals surface area contributed by atoms with E-state index in [1.165, 1.54) is 4.31 Å². The fourth-order valence-corrected chi connectivity index (χ4v) is 2.95. The summed E-state index contributed by atoms with van der Waals surface area (Å²) in [6.07, 6.45) is 0.571. The predicted octanol–water partition coefficient (Wildman–Crippen LogP) is 2.27. The number of anilines is 1. The lowest BCUT2D eigenvalue weighted by atomic mass is 10.2. The van der Waals surface area contributed by atoms with Crippen molar-refractivity contribution in [3.05, 3.63) is 28.2 Å². The van der Waals surface area contributed by atoms with Crippen LogP contribution in [-0.4, -0.2) is 40.5 Å². The zero-order valence-electron chi connectivity index (χ0n) is 12.2. The molecule has 1 amide bonds. The predicted molar refractivity (Wildman–Crippen MR) is 86.1 cm³/mol. The lowest BCUT2D eigenvalue weighted by Gasteiger charge is -2.23. The summed E-state index contributed by atoms with van der Waals surface area (Å²) in [6.45, 7) is 4.18. The minimum absolute atomic E-state index is 0.132. The molecule has 8 heteroatoms. The summed E-state index contributed by atoms with van der Waals surface area (Å²) in [6, 6.07) is 5.29. The third-order valence-electron chi connectivity index (χ3n) is 2.70. The number of carbonyl (C=O) groups is 1. The van der Waals surface area contributed by atoms with Crippen LogP contribution in [0.2, 0.25) is 0 Å². The van der Waals surface area contributed by atoms with Crippen molar-refractivity contribution in [1.29, 1.82) is 0 Å². The number of nitrogens with zero attached hydrogens (tertiary/aromatic N) is 1. The van der Waals surface area contributed by atoms with E-state index >= 15 is 0 Å². The quantitative estimate of drug-likeness (QED) is 0.823. The lowest BCUT2D eigenvalue weighted by Crippen LogP contribution is -2.38. The average Bonchev–Trinajstić information content (AvgIpc) is 2.37. The van der Waals surface area contributed by atoms with E-state index in [0.717, 1.165) is 16.3 Å². The van der Waals surface area contributed by atoms with Gasteiger partial charge < -0.3 is 10.1 Å². The molecule has 1 aromatic carbocycles. The van der Waals surface area contributed by atoms with Gasteiger partial charge >= 0.3 is 6.09 Å². The molecule has 0 aromatic heterocycles. The van der Waals surface area contributed by atoms with Crippen molar-refractivity contribution < 1.29 is 17.9 Å². The van der Waals surface area contributed by atoms with Crippen LogP contribution < -0.4 is 9.62 Å². The van der Waals surface area contributed by atoms with Crippen LogP contribution >= 0.6 is 15.9 Å². The standard InChI is InChI=1S/C13H19BrN2O4S/c1-4-20-13(17)15-7-8-16(21(3,18)19)11-6-5-10(2)12(14)9-11/h5-6,9H,4,7-8H2,1-3H3,(H,15,17). The Labute approximate surface area is 133 Å². The van der Waals surface area contributed by atoms with Gasteiger partial charge in [-0.25, -0.2) is 13.2 Å². The van der Waals surface area contributed by atoms with Gasteiger partial charge in [-0.1, -0.05) is 22.0 Å². The Balaban J connectivity index is 2.82. The van der Waals surface area contributed by atoms with Crippen LogP contribution in [0.1, 0.15) is 12.5 Å². The molecule has 0 atom stereocenters. The summed E-state index contributed by atoms with van der Waals surface area (Å²) in [4.78, 5) is 11.2. The Morgan fingerprint density at radius 3 is 2.62 bits per heavy atom. The van der Waals surface area contributed by atoms with E-state index in [2.05, 4.69) is 21.2 Å². The van der Waals surface area contributed by atoms with E-state index in [-0.39, 0.29) is 19.7 Å². The minimum atomic E-state index is -3.44. The largest absolute Gasteiger partial charge is 0.450 e. The number of carbonyl (C=O) groups excluding carboxylic acids is 1. The van der Waals surface area contributed by atoms with Crippen molar-refractivity contribution in [1.82, 2.24) is 5.32 Å². The van der Waals surface area contributed by atoms with Gasteiger partial charge in [0.05, 0.1) is 25.1 Å². The summed E-state index contributed by atoms with van der Waals surface area (Å²) >= 11 is 3.38. The zero-order valence-corrected chi connectivity index (χ0v) is 14.6. The normalized spacial score (nSPS) is 11.0. The first kappa shape index (κ1) is 17.8. The number of hydrogen-bond donors (Lipinski definition) is 1. The third-order valence-corrected chi connectivity index (χ3v) is 4.75. The van der Waals surface area contributed by atoms with Crippen LogP contribution in [0.15, 0.2) is 22.7 Å². The van der Waals surface area contributed by atoms with E-state index in [0.29, 0.717) is 5.69 Å². The Kier molecular flexibility index (Phi) is 6.47. The number of alkyl carbamates (subject to hydrolysis) is 1. The molecule has 0 radical (unpaired) electrons. The van der Waals surface area contributed by atoms with Gasteiger partial charge in [-0.15, -0.1) is 0 Å². The second kappa shape index (κ2) is 7.65. The topological polar surface area (TPSA) is 75.7 Å². The molecule has 0 saturated heterocycles. The fraction of sp³-hybridized carbons (Fsp3) is 0.462. The smallest absolute Gasteiger partial charge is 0.407 e. The van der Waals surface area contributed by atoms with E-state index in [1.54, 1.807) is 19.1 Å². The molecule has 21 heavy (non-hydrogen) atoms. The van der Waals surface area contributed by atoms with E-state index in [9.17, 15) is 13.2 Å². The van der Waals surface area contributed by atoms with Gasteiger partial charge in [-0.3, -0.25) is 4.31 Å². The fourth-order valence-electron chi connectivity index (χ4n) is 1.66. The number of benzene rings is 1. The van der Waals surface area contributed by atoms with Crippen molar-refractivity contribution in [3.63, 3.8) is 0 Å². The average molecular weight is 379 g/mol. The molecule has 118 valence electrons. The Hall–Kier alpha value is -1.28. The summed E-state index contributed by atoms with van der Waals surface area (Å²) < 4.78 is 30.6. The molecule has 6 nitrogen and oxygen atoms in total. The van der Waals surface area contributed by atoms with Gasteiger partial charge in [0, 0.05) is 11.0 Å². The van der Waals surface area contributed by atoms with Gasteiger partial charge in [0.25, 0.3) is 0 Å². The number of rotatable bonds is 6. The minimum Gasteiger partial charge on any atom is -0.450 e. The molecule has 0 aliphatic rings. The first-order valence-corrected chi connectivity index (χ1v) is 9.04. The van der Waals surface area contributed by atoms with Crippen molar-refractivity contribution in [3.8, 4) is 0 Å². The summed E-state index contributed by atoms with van der Waals surface area (Å²) in [5.41, 5.74) is 1.55. The Bertz CT molecular complexity index is 604. The van der Waals surface area contributed by atoms with Crippen LogP contribution in [0.3, 0.4) is 0 Å². The van der Waals surface area contributed by atoms with Crippen LogP contribution in [0.4, 0.5) is 10.5 Å². The molecular weight excluding hydrogens is 360 g/mol. The summed E-state index contributed by atoms with van der Waals surface area (Å²) in [5.74, 6) is 0. The molecule has 1 rings (SSSR count). The van der Waals surface area contributed by atoms with E-state index in [4.69, 9.17) is 4.74 Å². The number of aryl methyl sites for hydroxylation is 1. The van der Waals surface area contributed by atoms with E-state index < -0.39 is 16.1 Å². The molecule has 0 heterocycles. The highest BCUT2D eigenvalue weighted by molar-refractivity contribution is 9.10. The number of nitrogens with one attached hydrogen (secondary N) is 1. The Morgan fingerprint density at radius 2 is 2.10 bits per heavy atom. The molecule has 0 aliphatic carbocycles. The van der Waals surface area contributed by atoms with Gasteiger partial charge in [0.1, 0.15) is 0 Å². The number of hydrogen-bond acceptors (Lipinski definition) is 4. The molecule has 0 spiro atoms. The molecule has 0 unspecified atom stereocenters. The molecule has 0 saturated carbocycles. The van der Waals surface area contributed by atoms with E-state index in [1.807, 2.05) is 13.0 Å². The highest BCUT2D eigenvalue weighted by Gasteiger charge is 2.18. The van der Waals surface area contributed by atoms with Gasteiger partial charge in [-0.05, 0) is 31.5 Å². The van der Waals surface area contributed by atoms with Gasteiger partial charge in [0.15, 0.2) is 0 Å². The molecule has 1 N–H and O–H groups in total.